The third-order valence-electron chi connectivity index (χ3n) is 6.02. The van der Waals surface area contributed by atoms with Gasteiger partial charge in [0.15, 0.2) is 11.5 Å². The molecule has 1 N–H and O–H groups in total. The number of hydrogen-bond acceptors (Lipinski definition) is 4. The molecule has 1 aliphatic heterocycles. The maximum atomic E-state index is 11.5. The fraction of sp³-hybridized carbons (Fsp3) is 0.480. The smallest absolute Gasteiger partial charge is 0.343 e. The van der Waals surface area contributed by atoms with Crippen LogP contribution in [0.3, 0.4) is 0 Å². The van der Waals surface area contributed by atoms with Crippen LogP contribution in [0.15, 0.2) is 63.7 Å². The van der Waals surface area contributed by atoms with Crippen LogP contribution in [0.4, 0.5) is 0 Å². The van der Waals surface area contributed by atoms with E-state index in [4.69, 9.17) is 9.15 Å². The van der Waals surface area contributed by atoms with Gasteiger partial charge in [-0.25, -0.2) is 4.79 Å². The van der Waals surface area contributed by atoms with Crippen molar-refractivity contribution >= 4 is 5.97 Å². The summed E-state index contributed by atoms with van der Waals surface area (Å²) >= 11 is 0. The van der Waals surface area contributed by atoms with E-state index < -0.39 is 5.97 Å². The Morgan fingerprint density at radius 1 is 1.41 bits per heavy atom. The number of aliphatic hydroxyl groups excluding tert-OH is 1. The molecule has 3 rings (SSSR count). The van der Waals surface area contributed by atoms with E-state index in [1.54, 1.807) is 6.92 Å². The van der Waals surface area contributed by atoms with Gasteiger partial charge in [-0.1, -0.05) is 30.7 Å². The molecule has 1 aromatic rings. The molecule has 2 heterocycles. The zero-order valence-corrected chi connectivity index (χ0v) is 18.0. The third kappa shape index (κ3) is 4.92. The molecule has 0 fully saturated rings. The van der Waals surface area contributed by atoms with Crippen LogP contribution >= 0.6 is 0 Å². The lowest BCUT2D eigenvalue weighted by atomic mass is 9.75. The van der Waals surface area contributed by atoms with Gasteiger partial charge in [-0.15, -0.1) is 0 Å². The summed E-state index contributed by atoms with van der Waals surface area (Å²) in [5.74, 6) is 1.16. The van der Waals surface area contributed by atoms with E-state index in [-0.39, 0.29) is 22.7 Å². The molecular formula is C25H32O4. The minimum atomic E-state index is -0.458. The lowest BCUT2D eigenvalue weighted by Crippen LogP contribution is -2.23. The van der Waals surface area contributed by atoms with Gasteiger partial charge in [0.2, 0.25) is 0 Å². The molecule has 29 heavy (non-hydrogen) atoms. The van der Waals surface area contributed by atoms with Crippen LogP contribution in [0.1, 0.15) is 71.1 Å². The molecule has 0 amide bonds. The van der Waals surface area contributed by atoms with Crippen molar-refractivity contribution in [3.8, 4) is 0 Å². The van der Waals surface area contributed by atoms with Crippen molar-refractivity contribution in [2.24, 2.45) is 5.92 Å². The Bertz CT molecular complexity index is 880. The van der Waals surface area contributed by atoms with E-state index in [0.29, 0.717) is 5.76 Å². The molecule has 0 unspecified atom stereocenters. The Kier molecular flexibility index (Phi) is 6.51. The van der Waals surface area contributed by atoms with Crippen LogP contribution in [-0.2, 0) is 21.4 Å². The fourth-order valence-corrected chi connectivity index (χ4v) is 4.12. The Morgan fingerprint density at radius 3 is 2.93 bits per heavy atom. The lowest BCUT2D eigenvalue weighted by Gasteiger charge is -2.29. The van der Waals surface area contributed by atoms with Gasteiger partial charge in [0.1, 0.15) is 5.76 Å². The lowest BCUT2D eigenvalue weighted by molar-refractivity contribution is -0.133. The van der Waals surface area contributed by atoms with E-state index in [1.165, 1.54) is 17.6 Å². The topological polar surface area (TPSA) is 59.7 Å². The standard InChI is InChI=1S/C25H32O4/c1-17(8-5-9-18(2)16-21-22(26)19(3)24(27)29-21)10-6-13-25(4)14-7-11-20-12-15-28-23(20)25/h6,10,12-13,15-16,18,26H,5,7-9,11,14H2,1-4H3/t18-,25+/m0/s1. The molecule has 0 spiro atoms. The van der Waals surface area contributed by atoms with Gasteiger partial charge >= 0.3 is 5.97 Å². The first-order chi connectivity index (χ1) is 13.8. The predicted octanol–water partition coefficient (Wildman–Crippen LogP) is 6.46. The molecule has 1 aliphatic carbocycles. The van der Waals surface area contributed by atoms with Crippen molar-refractivity contribution in [3.63, 3.8) is 0 Å². The number of cyclic esters (lactones) is 1. The highest BCUT2D eigenvalue weighted by Crippen LogP contribution is 2.39. The highest BCUT2D eigenvalue weighted by molar-refractivity contribution is 5.93. The van der Waals surface area contributed by atoms with Crippen molar-refractivity contribution in [2.75, 3.05) is 0 Å². The van der Waals surface area contributed by atoms with Crippen molar-refractivity contribution in [2.45, 2.75) is 71.6 Å². The number of furan rings is 1. The quantitative estimate of drug-likeness (QED) is 0.425. The van der Waals surface area contributed by atoms with Gasteiger partial charge in [0, 0.05) is 5.41 Å². The summed E-state index contributed by atoms with van der Waals surface area (Å²) in [7, 11) is 0. The van der Waals surface area contributed by atoms with E-state index >= 15 is 0 Å². The van der Waals surface area contributed by atoms with Crippen LogP contribution < -0.4 is 0 Å². The van der Waals surface area contributed by atoms with Crippen LogP contribution in [0, 0.1) is 5.92 Å². The van der Waals surface area contributed by atoms with Gasteiger partial charge in [0.05, 0.1) is 11.8 Å². The number of allylic oxidation sites excluding steroid dienone is 5. The Balaban J connectivity index is 1.49. The molecule has 2 aliphatic rings. The van der Waals surface area contributed by atoms with Gasteiger partial charge in [0.25, 0.3) is 0 Å². The van der Waals surface area contributed by atoms with Crippen molar-refractivity contribution < 1.29 is 19.1 Å². The molecule has 0 bridgehead atoms. The number of hydrogen-bond donors (Lipinski definition) is 1. The number of carbonyl (C=O) groups is 1. The molecule has 0 radical (unpaired) electrons. The minimum Gasteiger partial charge on any atom is -0.504 e. The van der Waals surface area contributed by atoms with Crippen LogP contribution in [0.25, 0.3) is 0 Å². The monoisotopic (exact) mass is 396 g/mol. The normalized spacial score (nSPS) is 25.0. The first-order valence-corrected chi connectivity index (χ1v) is 10.6. The predicted molar refractivity (Wildman–Crippen MR) is 114 cm³/mol. The zero-order valence-electron chi connectivity index (χ0n) is 18.0. The van der Waals surface area contributed by atoms with Gasteiger partial charge in [-0.3, -0.25) is 0 Å². The number of esters is 1. The van der Waals surface area contributed by atoms with Crippen LogP contribution in [0.5, 0.6) is 0 Å². The SMILES string of the molecule is CC(=CC=C[C@]1(C)CCCc2ccoc21)CCC[C@H](C)C=C1OC(=O)C(C)=C1O. The summed E-state index contributed by atoms with van der Waals surface area (Å²) in [6.45, 7) is 8.06. The summed E-state index contributed by atoms with van der Waals surface area (Å²) in [4.78, 5) is 11.5. The first-order valence-electron chi connectivity index (χ1n) is 10.6. The Hall–Kier alpha value is -2.49. The molecule has 4 nitrogen and oxygen atoms in total. The van der Waals surface area contributed by atoms with Crippen LogP contribution in [0.2, 0.25) is 0 Å². The molecule has 156 valence electrons. The Labute approximate surface area is 173 Å². The molecule has 0 saturated carbocycles. The largest absolute Gasteiger partial charge is 0.504 e. The maximum absolute atomic E-state index is 11.5. The first kappa shape index (κ1) is 21.2. The van der Waals surface area contributed by atoms with Crippen LogP contribution in [-0.4, -0.2) is 11.1 Å². The van der Waals surface area contributed by atoms with E-state index in [9.17, 15) is 9.90 Å². The average molecular weight is 397 g/mol. The van der Waals surface area contributed by atoms with Gasteiger partial charge in [-0.05, 0) is 82.9 Å². The maximum Gasteiger partial charge on any atom is 0.343 e. The molecule has 4 heteroatoms. The van der Waals surface area contributed by atoms with Crippen molar-refractivity contribution in [1.82, 2.24) is 0 Å². The van der Waals surface area contributed by atoms with E-state index in [0.717, 1.165) is 37.9 Å². The van der Waals surface area contributed by atoms with E-state index in [1.807, 2.05) is 12.3 Å². The summed E-state index contributed by atoms with van der Waals surface area (Å²) in [6.07, 6.45) is 16.7. The summed E-state index contributed by atoms with van der Waals surface area (Å²) in [5.41, 5.74) is 2.95. The third-order valence-corrected chi connectivity index (χ3v) is 6.02. The second-order valence-corrected chi connectivity index (χ2v) is 8.68. The highest BCUT2D eigenvalue weighted by Gasteiger charge is 2.32. The number of rotatable bonds is 7. The summed E-state index contributed by atoms with van der Waals surface area (Å²) < 4.78 is 10.9. The van der Waals surface area contributed by atoms with E-state index in [2.05, 4.69) is 45.1 Å². The zero-order chi connectivity index (χ0) is 21.0. The number of fused-ring (bicyclic) bond motifs is 1. The number of ether oxygens (including phenoxy) is 1. The number of aryl methyl sites for hydroxylation is 1. The second kappa shape index (κ2) is 8.89. The van der Waals surface area contributed by atoms with Crippen molar-refractivity contribution in [1.29, 1.82) is 0 Å². The van der Waals surface area contributed by atoms with Gasteiger partial charge < -0.3 is 14.3 Å². The minimum absolute atomic E-state index is 0.0130. The molecule has 0 aromatic carbocycles. The average Bonchev–Trinajstić information content (AvgIpc) is 3.24. The van der Waals surface area contributed by atoms with Gasteiger partial charge in [-0.2, -0.15) is 0 Å². The molecule has 2 atom stereocenters. The summed E-state index contributed by atoms with van der Waals surface area (Å²) in [6, 6.07) is 2.10. The highest BCUT2D eigenvalue weighted by atomic mass is 16.6. The fourth-order valence-electron chi connectivity index (χ4n) is 4.12. The number of carbonyl (C=O) groups excluding carboxylic acids is 1. The second-order valence-electron chi connectivity index (χ2n) is 8.68. The molecular weight excluding hydrogens is 364 g/mol. The molecule has 0 saturated heterocycles. The number of aliphatic hydroxyl groups is 1. The Morgan fingerprint density at radius 2 is 2.21 bits per heavy atom. The molecule has 1 aromatic heterocycles. The summed E-state index contributed by atoms with van der Waals surface area (Å²) in [5, 5.41) is 9.91. The van der Waals surface area contributed by atoms with Crippen molar-refractivity contribution in [3.05, 3.63) is 70.6 Å².